The van der Waals surface area contributed by atoms with Crippen LogP contribution >= 0.6 is 0 Å². The van der Waals surface area contributed by atoms with E-state index in [0.29, 0.717) is 23.9 Å². The van der Waals surface area contributed by atoms with Crippen molar-refractivity contribution in [2.45, 2.75) is 38.3 Å². The number of anilines is 1. The standard InChI is InChI=1S/C16H20N4O3/c1-11(21)17-13-4-6-15(7-5-13)23-10-14(22)8-20-9-16(18-19-20)12-2-3-12/h4-7,9,12,14,22H,2-3,8,10H2,1H3,(H,17,21). The van der Waals surface area contributed by atoms with Gasteiger partial charge in [0.25, 0.3) is 0 Å². The van der Waals surface area contributed by atoms with E-state index in [9.17, 15) is 9.90 Å². The maximum atomic E-state index is 10.9. The van der Waals surface area contributed by atoms with E-state index < -0.39 is 6.10 Å². The molecule has 3 rings (SSSR count). The van der Waals surface area contributed by atoms with Crippen molar-refractivity contribution in [3.05, 3.63) is 36.2 Å². The Bertz CT molecular complexity index is 664. The third kappa shape index (κ3) is 4.53. The van der Waals surface area contributed by atoms with Crippen LogP contribution in [0.3, 0.4) is 0 Å². The fourth-order valence-electron chi connectivity index (χ4n) is 2.27. The Morgan fingerprint density at radius 2 is 2.17 bits per heavy atom. The zero-order valence-electron chi connectivity index (χ0n) is 13.0. The molecule has 1 heterocycles. The lowest BCUT2D eigenvalue weighted by atomic mass is 10.3. The summed E-state index contributed by atoms with van der Waals surface area (Å²) in [6, 6.07) is 7.00. The van der Waals surface area contributed by atoms with Crippen LogP contribution in [0.5, 0.6) is 5.75 Å². The van der Waals surface area contributed by atoms with Gasteiger partial charge in [-0.2, -0.15) is 0 Å². The lowest BCUT2D eigenvalue weighted by Gasteiger charge is -2.12. The molecule has 2 N–H and O–H groups in total. The van der Waals surface area contributed by atoms with Crippen molar-refractivity contribution < 1.29 is 14.6 Å². The summed E-state index contributed by atoms with van der Waals surface area (Å²) in [5.74, 6) is 1.07. The van der Waals surface area contributed by atoms with Crippen LogP contribution in [0.1, 0.15) is 31.4 Å². The number of nitrogens with one attached hydrogen (secondary N) is 1. The number of hydrogen-bond acceptors (Lipinski definition) is 5. The van der Waals surface area contributed by atoms with E-state index in [4.69, 9.17) is 4.74 Å². The Morgan fingerprint density at radius 1 is 1.43 bits per heavy atom. The third-order valence-electron chi connectivity index (χ3n) is 3.57. The molecule has 0 spiro atoms. The maximum absolute atomic E-state index is 10.9. The van der Waals surface area contributed by atoms with Crippen LogP contribution in [0.4, 0.5) is 5.69 Å². The highest BCUT2D eigenvalue weighted by molar-refractivity contribution is 5.88. The lowest BCUT2D eigenvalue weighted by molar-refractivity contribution is -0.114. The first-order chi connectivity index (χ1) is 11.1. The van der Waals surface area contributed by atoms with Crippen LogP contribution < -0.4 is 10.1 Å². The summed E-state index contributed by atoms with van der Waals surface area (Å²) < 4.78 is 7.20. The molecular weight excluding hydrogens is 296 g/mol. The summed E-state index contributed by atoms with van der Waals surface area (Å²) in [4.78, 5) is 10.9. The Hall–Kier alpha value is -2.41. The van der Waals surface area contributed by atoms with Gasteiger partial charge in [0.1, 0.15) is 18.5 Å². The minimum Gasteiger partial charge on any atom is -0.491 e. The van der Waals surface area contributed by atoms with Crippen LogP contribution in [-0.4, -0.2) is 38.7 Å². The first kappa shape index (κ1) is 15.5. The minimum absolute atomic E-state index is 0.118. The molecule has 1 fully saturated rings. The third-order valence-corrected chi connectivity index (χ3v) is 3.57. The Morgan fingerprint density at radius 3 is 2.83 bits per heavy atom. The summed E-state index contributed by atoms with van der Waals surface area (Å²) in [6.07, 6.45) is 3.58. The summed E-state index contributed by atoms with van der Waals surface area (Å²) in [7, 11) is 0. The molecule has 0 radical (unpaired) electrons. The van der Waals surface area contributed by atoms with Gasteiger partial charge in [-0.15, -0.1) is 5.10 Å². The Kier molecular flexibility index (Phi) is 4.57. The quantitative estimate of drug-likeness (QED) is 0.809. The van der Waals surface area contributed by atoms with E-state index in [1.165, 1.54) is 19.8 Å². The molecule has 1 amide bonds. The van der Waals surface area contributed by atoms with E-state index in [1.807, 2.05) is 6.20 Å². The van der Waals surface area contributed by atoms with Crippen LogP contribution in [0.25, 0.3) is 0 Å². The van der Waals surface area contributed by atoms with Gasteiger partial charge in [-0.05, 0) is 37.1 Å². The molecule has 0 aliphatic heterocycles. The number of aliphatic hydroxyl groups is 1. The number of nitrogens with zero attached hydrogens (tertiary/aromatic N) is 3. The first-order valence-electron chi connectivity index (χ1n) is 7.68. The molecular formula is C16H20N4O3. The van der Waals surface area contributed by atoms with Crippen molar-refractivity contribution in [3.63, 3.8) is 0 Å². The van der Waals surface area contributed by atoms with Crippen molar-refractivity contribution in [2.24, 2.45) is 0 Å². The van der Waals surface area contributed by atoms with Crippen LogP contribution in [-0.2, 0) is 11.3 Å². The fourth-order valence-corrected chi connectivity index (χ4v) is 2.27. The highest BCUT2D eigenvalue weighted by Crippen LogP contribution is 2.38. The molecule has 2 aromatic rings. The largest absolute Gasteiger partial charge is 0.491 e. The molecule has 1 aliphatic rings. The van der Waals surface area contributed by atoms with Crippen molar-refractivity contribution >= 4 is 11.6 Å². The van der Waals surface area contributed by atoms with E-state index in [0.717, 1.165) is 5.69 Å². The van der Waals surface area contributed by atoms with Gasteiger partial charge in [-0.3, -0.25) is 4.79 Å². The Balaban J connectivity index is 1.45. The van der Waals surface area contributed by atoms with Crippen LogP contribution in [0.2, 0.25) is 0 Å². The van der Waals surface area contributed by atoms with Gasteiger partial charge in [0, 0.05) is 24.7 Å². The normalized spacial score (nSPS) is 15.2. The summed E-state index contributed by atoms with van der Waals surface area (Å²) >= 11 is 0. The molecule has 7 nitrogen and oxygen atoms in total. The number of carbonyl (C=O) groups excluding carboxylic acids is 1. The monoisotopic (exact) mass is 316 g/mol. The Labute approximate surface area is 134 Å². The lowest BCUT2D eigenvalue weighted by Crippen LogP contribution is -2.24. The number of hydrogen-bond donors (Lipinski definition) is 2. The summed E-state index contributed by atoms with van der Waals surface area (Å²) in [5, 5.41) is 20.8. The number of amides is 1. The van der Waals surface area contributed by atoms with E-state index in [2.05, 4.69) is 15.6 Å². The molecule has 1 saturated carbocycles. The van der Waals surface area contributed by atoms with E-state index in [1.54, 1.807) is 28.9 Å². The van der Waals surface area contributed by atoms with Gasteiger partial charge in [0.2, 0.25) is 5.91 Å². The zero-order valence-corrected chi connectivity index (χ0v) is 13.0. The predicted molar refractivity (Wildman–Crippen MR) is 84.2 cm³/mol. The smallest absolute Gasteiger partial charge is 0.221 e. The molecule has 1 atom stereocenters. The summed E-state index contributed by atoms with van der Waals surface area (Å²) in [5.41, 5.74) is 1.72. The van der Waals surface area contributed by atoms with Gasteiger partial charge in [-0.25, -0.2) is 4.68 Å². The molecule has 1 aromatic heterocycles. The highest BCUT2D eigenvalue weighted by Gasteiger charge is 2.26. The molecule has 1 aromatic carbocycles. The van der Waals surface area contributed by atoms with Crippen molar-refractivity contribution in [1.82, 2.24) is 15.0 Å². The second-order valence-electron chi connectivity index (χ2n) is 5.81. The second kappa shape index (κ2) is 6.78. The zero-order chi connectivity index (χ0) is 16.2. The molecule has 0 saturated heterocycles. The van der Waals surface area contributed by atoms with Gasteiger partial charge in [0.15, 0.2) is 0 Å². The maximum Gasteiger partial charge on any atom is 0.221 e. The van der Waals surface area contributed by atoms with Crippen molar-refractivity contribution in [2.75, 3.05) is 11.9 Å². The van der Waals surface area contributed by atoms with Gasteiger partial charge < -0.3 is 15.2 Å². The molecule has 7 heteroatoms. The molecule has 122 valence electrons. The second-order valence-corrected chi connectivity index (χ2v) is 5.81. The van der Waals surface area contributed by atoms with Gasteiger partial charge in [0.05, 0.1) is 12.2 Å². The highest BCUT2D eigenvalue weighted by atomic mass is 16.5. The number of rotatable bonds is 7. The SMILES string of the molecule is CC(=O)Nc1ccc(OCC(O)Cn2cc(C3CC3)nn2)cc1. The average molecular weight is 316 g/mol. The number of benzene rings is 1. The fraction of sp³-hybridized carbons (Fsp3) is 0.438. The number of carbonyl (C=O) groups is 1. The number of ether oxygens (including phenoxy) is 1. The van der Waals surface area contributed by atoms with Crippen LogP contribution in [0, 0.1) is 0 Å². The van der Waals surface area contributed by atoms with Crippen molar-refractivity contribution in [1.29, 1.82) is 0 Å². The summed E-state index contributed by atoms with van der Waals surface area (Å²) in [6.45, 7) is 1.97. The molecule has 1 unspecified atom stereocenters. The number of aliphatic hydroxyl groups excluding tert-OH is 1. The topological polar surface area (TPSA) is 89.3 Å². The van der Waals surface area contributed by atoms with E-state index in [-0.39, 0.29) is 12.5 Å². The van der Waals surface area contributed by atoms with Crippen LogP contribution in [0.15, 0.2) is 30.5 Å². The molecule has 0 bridgehead atoms. The van der Waals surface area contributed by atoms with Gasteiger partial charge in [-0.1, -0.05) is 5.21 Å². The minimum atomic E-state index is -0.668. The molecule has 23 heavy (non-hydrogen) atoms. The van der Waals surface area contributed by atoms with E-state index >= 15 is 0 Å². The van der Waals surface area contributed by atoms with Crippen molar-refractivity contribution in [3.8, 4) is 5.75 Å². The average Bonchev–Trinajstić information content (AvgIpc) is 3.26. The number of aromatic nitrogens is 3. The molecule has 1 aliphatic carbocycles. The van der Waals surface area contributed by atoms with Gasteiger partial charge >= 0.3 is 0 Å². The first-order valence-corrected chi connectivity index (χ1v) is 7.68. The predicted octanol–water partition coefficient (Wildman–Crippen LogP) is 1.55.